The summed E-state index contributed by atoms with van der Waals surface area (Å²) in [6.07, 6.45) is 2.78. The lowest BCUT2D eigenvalue weighted by Gasteiger charge is -2.21. The molecule has 0 fully saturated rings. The van der Waals surface area contributed by atoms with Crippen molar-refractivity contribution in [3.05, 3.63) is 58.6 Å². The number of nitrogens with zero attached hydrogens (tertiary/aromatic N) is 1. The summed E-state index contributed by atoms with van der Waals surface area (Å²) in [5, 5.41) is 3.84. The topological polar surface area (TPSA) is 34.2 Å². The van der Waals surface area contributed by atoms with Crippen molar-refractivity contribution in [2.24, 2.45) is 0 Å². The second-order valence-corrected chi connectivity index (χ2v) is 4.71. The van der Waals surface area contributed by atoms with E-state index in [-0.39, 0.29) is 11.9 Å². The van der Waals surface area contributed by atoms with E-state index in [2.05, 4.69) is 10.3 Å². The van der Waals surface area contributed by atoms with Gasteiger partial charge in [-0.15, -0.1) is 0 Å². The molecule has 106 valence electrons. The smallest absolute Gasteiger partial charge is 0.146 e. The fourth-order valence-electron chi connectivity index (χ4n) is 2.14. The summed E-state index contributed by atoms with van der Waals surface area (Å²) in [7, 11) is 1.57. The van der Waals surface area contributed by atoms with Crippen molar-refractivity contribution in [1.82, 2.24) is 10.3 Å². The second kappa shape index (κ2) is 6.68. The molecular formula is C15H16ClFN2O. The van der Waals surface area contributed by atoms with Crippen LogP contribution in [0.15, 0.2) is 36.7 Å². The quantitative estimate of drug-likeness (QED) is 0.915. The molecule has 1 aromatic carbocycles. The van der Waals surface area contributed by atoms with Crippen molar-refractivity contribution in [3.63, 3.8) is 0 Å². The molecule has 5 heteroatoms. The van der Waals surface area contributed by atoms with Gasteiger partial charge in [0.05, 0.1) is 19.3 Å². The van der Waals surface area contributed by atoms with Gasteiger partial charge in [0, 0.05) is 22.3 Å². The highest BCUT2D eigenvalue weighted by molar-refractivity contribution is 6.30. The zero-order valence-corrected chi connectivity index (χ0v) is 12.1. The van der Waals surface area contributed by atoms with Gasteiger partial charge < -0.3 is 10.1 Å². The van der Waals surface area contributed by atoms with Crippen LogP contribution in [-0.4, -0.2) is 18.6 Å². The molecule has 20 heavy (non-hydrogen) atoms. The maximum absolute atomic E-state index is 14.0. The minimum absolute atomic E-state index is 0.310. The maximum Gasteiger partial charge on any atom is 0.146 e. The first-order valence-corrected chi connectivity index (χ1v) is 6.71. The summed E-state index contributed by atoms with van der Waals surface area (Å²) in [5.41, 5.74) is 1.37. The van der Waals surface area contributed by atoms with Crippen LogP contribution >= 0.6 is 11.6 Å². The molecule has 1 unspecified atom stereocenters. The molecule has 0 radical (unpaired) electrons. The number of nitrogens with one attached hydrogen (secondary N) is 1. The summed E-state index contributed by atoms with van der Waals surface area (Å²) >= 11 is 5.97. The van der Waals surface area contributed by atoms with Crippen LogP contribution in [-0.2, 0) is 0 Å². The lowest BCUT2D eigenvalue weighted by molar-refractivity contribution is 0.403. The van der Waals surface area contributed by atoms with Crippen molar-refractivity contribution < 1.29 is 9.13 Å². The van der Waals surface area contributed by atoms with Crippen molar-refractivity contribution in [1.29, 1.82) is 0 Å². The van der Waals surface area contributed by atoms with Gasteiger partial charge in [-0.25, -0.2) is 4.39 Å². The molecule has 0 aliphatic heterocycles. The molecule has 0 spiro atoms. The van der Waals surface area contributed by atoms with Crippen molar-refractivity contribution >= 4 is 11.6 Å². The van der Waals surface area contributed by atoms with Gasteiger partial charge >= 0.3 is 0 Å². The Morgan fingerprint density at radius 3 is 2.80 bits per heavy atom. The van der Waals surface area contributed by atoms with Crippen LogP contribution in [0.5, 0.6) is 5.75 Å². The first-order valence-electron chi connectivity index (χ1n) is 6.33. The molecule has 1 heterocycles. The number of benzene rings is 1. The van der Waals surface area contributed by atoms with Crippen molar-refractivity contribution in [2.75, 3.05) is 13.7 Å². The molecule has 1 atom stereocenters. The minimum atomic E-state index is -0.351. The predicted octanol–water partition coefficient (Wildman–Crippen LogP) is 3.58. The Morgan fingerprint density at radius 1 is 1.35 bits per heavy atom. The fourth-order valence-corrected chi connectivity index (χ4v) is 2.30. The van der Waals surface area contributed by atoms with E-state index in [4.69, 9.17) is 16.3 Å². The molecule has 2 aromatic rings. The van der Waals surface area contributed by atoms with Crippen molar-refractivity contribution in [2.45, 2.75) is 13.0 Å². The van der Waals surface area contributed by atoms with Gasteiger partial charge in [0.2, 0.25) is 0 Å². The molecule has 1 N–H and O–H groups in total. The van der Waals surface area contributed by atoms with Gasteiger partial charge in [-0.1, -0.05) is 24.6 Å². The SMILES string of the molecule is CCNC(c1ccncc1F)c1ccc(Cl)cc1OC. The maximum atomic E-state index is 14.0. The number of pyridine rings is 1. The van der Waals surface area contributed by atoms with E-state index >= 15 is 0 Å². The third-order valence-electron chi connectivity index (χ3n) is 3.03. The summed E-state index contributed by atoms with van der Waals surface area (Å²) in [6.45, 7) is 2.66. The van der Waals surface area contributed by atoms with Gasteiger partial charge in [-0.3, -0.25) is 4.98 Å². The lowest BCUT2D eigenvalue weighted by Crippen LogP contribution is -2.23. The van der Waals surface area contributed by atoms with Crippen LogP contribution in [0.3, 0.4) is 0 Å². The minimum Gasteiger partial charge on any atom is -0.496 e. The number of hydrogen-bond donors (Lipinski definition) is 1. The lowest BCUT2D eigenvalue weighted by atomic mass is 9.98. The molecule has 2 rings (SSSR count). The predicted molar refractivity (Wildman–Crippen MR) is 77.7 cm³/mol. The Balaban J connectivity index is 2.51. The number of hydrogen-bond acceptors (Lipinski definition) is 3. The highest BCUT2D eigenvalue weighted by Gasteiger charge is 2.20. The molecule has 3 nitrogen and oxygen atoms in total. The van der Waals surface area contributed by atoms with Crippen LogP contribution in [0.25, 0.3) is 0 Å². The van der Waals surface area contributed by atoms with E-state index in [9.17, 15) is 4.39 Å². The highest BCUT2D eigenvalue weighted by atomic mass is 35.5. The van der Waals surface area contributed by atoms with Gasteiger partial charge in [0.25, 0.3) is 0 Å². The Labute approximate surface area is 122 Å². The van der Waals surface area contributed by atoms with E-state index in [1.165, 1.54) is 6.20 Å². The molecule has 1 aromatic heterocycles. The van der Waals surface area contributed by atoms with E-state index in [1.54, 1.807) is 31.5 Å². The van der Waals surface area contributed by atoms with Gasteiger partial charge in [0.1, 0.15) is 11.6 Å². The standard InChI is InChI=1S/C15H16ClFN2O/c1-3-19-15(11-6-7-18-9-13(11)17)12-5-4-10(16)8-14(12)20-2/h4-9,15,19H,3H2,1-2H3. The largest absolute Gasteiger partial charge is 0.496 e. The molecule has 0 aliphatic carbocycles. The summed E-state index contributed by atoms with van der Waals surface area (Å²) in [6, 6.07) is 6.68. The van der Waals surface area contributed by atoms with Gasteiger partial charge in [0.15, 0.2) is 0 Å². The van der Waals surface area contributed by atoms with Crippen LogP contribution in [0, 0.1) is 5.82 Å². The monoisotopic (exact) mass is 294 g/mol. The van der Waals surface area contributed by atoms with Crippen LogP contribution in [0.4, 0.5) is 4.39 Å². The second-order valence-electron chi connectivity index (χ2n) is 4.27. The number of halogens is 2. The molecular weight excluding hydrogens is 279 g/mol. The molecule has 0 aliphatic rings. The average Bonchev–Trinajstić information content (AvgIpc) is 2.46. The van der Waals surface area contributed by atoms with Gasteiger partial charge in [-0.2, -0.15) is 0 Å². The van der Waals surface area contributed by atoms with Crippen molar-refractivity contribution in [3.8, 4) is 5.75 Å². The van der Waals surface area contributed by atoms with E-state index in [0.29, 0.717) is 22.9 Å². The average molecular weight is 295 g/mol. The number of rotatable bonds is 5. The molecule has 0 saturated heterocycles. The molecule has 0 bridgehead atoms. The third kappa shape index (κ3) is 3.08. The Bertz CT molecular complexity index is 592. The normalized spacial score (nSPS) is 12.2. The van der Waals surface area contributed by atoms with Crippen LogP contribution in [0.2, 0.25) is 5.02 Å². The number of aromatic nitrogens is 1. The third-order valence-corrected chi connectivity index (χ3v) is 3.26. The van der Waals surface area contributed by atoms with E-state index in [0.717, 1.165) is 5.56 Å². The Kier molecular flexibility index (Phi) is 4.93. The molecule has 0 amide bonds. The van der Waals surface area contributed by atoms with Crippen LogP contribution < -0.4 is 10.1 Å². The Hall–Kier alpha value is -1.65. The fraction of sp³-hybridized carbons (Fsp3) is 0.267. The van der Waals surface area contributed by atoms with Gasteiger partial charge in [-0.05, 0) is 24.7 Å². The highest BCUT2D eigenvalue weighted by Crippen LogP contribution is 2.32. The number of ether oxygens (including phenoxy) is 1. The van der Waals surface area contributed by atoms with E-state index < -0.39 is 0 Å². The Morgan fingerprint density at radius 2 is 2.15 bits per heavy atom. The van der Waals surface area contributed by atoms with E-state index in [1.807, 2.05) is 13.0 Å². The summed E-state index contributed by atoms with van der Waals surface area (Å²) < 4.78 is 19.3. The first kappa shape index (κ1) is 14.8. The summed E-state index contributed by atoms with van der Waals surface area (Å²) in [4.78, 5) is 3.78. The van der Waals surface area contributed by atoms with Crippen LogP contribution in [0.1, 0.15) is 24.1 Å². The zero-order chi connectivity index (χ0) is 14.5. The number of methoxy groups -OCH3 is 1. The first-order chi connectivity index (χ1) is 9.67. The summed E-state index contributed by atoms with van der Waals surface area (Å²) in [5.74, 6) is 0.273. The zero-order valence-electron chi connectivity index (χ0n) is 11.4. The molecule has 0 saturated carbocycles.